The first-order valence-electron chi connectivity index (χ1n) is 10.9. The van der Waals surface area contributed by atoms with Gasteiger partial charge in [-0.2, -0.15) is 4.99 Å². The van der Waals surface area contributed by atoms with Crippen molar-refractivity contribution in [3.63, 3.8) is 0 Å². The van der Waals surface area contributed by atoms with E-state index in [9.17, 15) is 8.78 Å². The number of nitrogens with two attached hydrogens (primary N) is 1. The topological polar surface area (TPSA) is 108 Å². The number of fused-ring (bicyclic) bond motifs is 1. The summed E-state index contributed by atoms with van der Waals surface area (Å²) in [6.45, 7) is 2.08. The van der Waals surface area contributed by atoms with Crippen LogP contribution in [0.5, 0.6) is 5.75 Å². The Balaban J connectivity index is 1.53. The van der Waals surface area contributed by atoms with Gasteiger partial charge in [-0.05, 0) is 36.4 Å². The number of benzene rings is 2. The first-order chi connectivity index (χ1) is 17.1. The maximum Gasteiger partial charge on any atom is 0.343 e. The van der Waals surface area contributed by atoms with Crippen molar-refractivity contribution in [2.24, 2.45) is 15.8 Å². The Morgan fingerprint density at radius 1 is 1.09 bits per heavy atom. The molecule has 0 bridgehead atoms. The van der Waals surface area contributed by atoms with E-state index in [1.807, 2.05) is 27.8 Å². The molecule has 0 aliphatic carbocycles. The molecule has 3 heterocycles. The molecule has 0 amide bonds. The molecule has 4 aromatic rings. The Bertz CT molecular complexity index is 1340. The molecule has 5 rings (SSSR count). The quantitative estimate of drug-likeness (QED) is 0.355. The average molecular weight is 480 g/mol. The minimum atomic E-state index is -2.86. The maximum absolute atomic E-state index is 13.8. The highest BCUT2D eigenvalue weighted by Crippen LogP contribution is 2.24. The minimum absolute atomic E-state index is 0.144. The summed E-state index contributed by atoms with van der Waals surface area (Å²) < 4.78 is 41.7. The van der Waals surface area contributed by atoms with Gasteiger partial charge in [0, 0.05) is 31.2 Å². The summed E-state index contributed by atoms with van der Waals surface area (Å²) in [7, 11) is 0. The molecular formula is C23H22F2N8O2. The van der Waals surface area contributed by atoms with E-state index >= 15 is 0 Å². The van der Waals surface area contributed by atoms with E-state index in [1.165, 1.54) is 0 Å². The number of para-hydroxylation sites is 2. The van der Waals surface area contributed by atoms with E-state index in [0.29, 0.717) is 43.1 Å². The van der Waals surface area contributed by atoms with Gasteiger partial charge in [0.25, 0.3) is 6.43 Å². The molecule has 2 aromatic heterocycles. The maximum atomic E-state index is 13.8. The number of hydrogen-bond donors (Lipinski definition) is 1. The van der Waals surface area contributed by atoms with Crippen LogP contribution in [-0.2, 0) is 4.74 Å². The van der Waals surface area contributed by atoms with Crippen molar-refractivity contribution in [2.45, 2.75) is 6.43 Å². The number of ether oxygens (including phenoxy) is 2. The lowest BCUT2D eigenvalue weighted by Gasteiger charge is -2.27. The highest BCUT2D eigenvalue weighted by Gasteiger charge is 2.21. The molecule has 2 N–H and O–H groups in total. The Labute approximate surface area is 198 Å². The van der Waals surface area contributed by atoms with Crippen LogP contribution in [0.3, 0.4) is 0 Å². The molecule has 2 aromatic carbocycles. The highest BCUT2D eigenvalue weighted by atomic mass is 19.3. The lowest BCUT2D eigenvalue weighted by Crippen LogP contribution is -2.45. The van der Waals surface area contributed by atoms with E-state index < -0.39 is 12.2 Å². The normalized spacial score (nSPS) is 15.2. The zero-order valence-electron chi connectivity index (χ0n) is 18.5. The Morgan fingerprint density at radius 2 is 1.86 bits per heavy atom. The van der Waals surface area contributed by atoms with Crippen LogP contribution in [0.25, 0.3) is 16.7 Å². The molecule has 10 nitrogen and oxygen atoms in total. The second-order valence-corrected chi connectivity index (χ2v) is 7.59. The molecule has 1 saturated heterocycles. The summed E-state index contributed by atoms with van der Waals surface area (Å²) in [4.78, 5) is 14.2. The van der Waals surface area contributed by atoms with Crippen molar-refractivity contribution in [1.29, 1.82) is 0 Å². The third-order valence-electron chi connectivity index (χ3n) is 5.34. The van der Waals surface area contributed by atoms with Gasteiger partial charge in [-0.3, -0.25) is 0 Å². The smallest absolute Gasteiger partial charge is 0.343 e. The second kappa shape index (κ2) is 9.89. The number of alkyl halides is 2. The summed E-state index contributed by atoms with van der Waals surface area (Å²) in [5, 5.41) is 4.30. The van der Waals surface area contributed by atoms with Crippen LogP contribution in [0.2, 0.25) is 0 Å². The summed E-state index contributed by atoms with van der Waals surface area (Å²) in [5.74, 6) is 0.0159. The van der Waals surface area contributed by atoms with Crippen molar-refractivity contribution in [3.05, 3.63) is 73.1 Å². The van der Waals surface area contributed by atoms with E-state index in [4.69, 9.17) is 15.2 Å². The SMILES string of the molecule is NC(=NC(=Nn1c(C(F)F)nc2ccccc21)Oc1ccc(-n2ccnc2)cc1)N1CCOCC1. The molecule has 0 radical (unpaired) electrons. The fourth-order valence-corrected chi connectivity index (χ4v) is 3.59. The first-order valence-corrected chi connectivity index (χ1v) is 10.9. The Kier molecular flexibility index (Phi) is 6.35. The number of halogens is 2. The standard InChI is InChI=1S/C23H22F2N8O2/c24-20(25)21-28-18-3-1-2-4-19(18)33(21)30-23(29-22(26)31-11-13-34-14-12-31)35-17-7-5-16(6-8-17)32-10-9-27-15-32/h1-10,15,20H,11-14H2,(H2,26,29,30). The molecule has 0 spiro atoms. The number of guanidine groups is 1. The molecule has 180 valence electrons. The lowest BCUT2D eigenvalue weighted by atomic mass is 10.3. The molecule has 35 heavy (non-hydrogen) atoms. The lowest BCUT2D eigenvalue weighted by molar-refractivity contribution is 0.0675. The van der Waals surface area contributed by atoms with Gasteiger partial charge in [0.05, 0.1) is 30.6 Å². The number of imidazole rings is 2. The summed E-state index contributed by atoms with van der Waals surface area (Å²) in [6, 6.07) is 13.6. The van der Waals surface area contributed by atoms with Crippen molar-refractivity contribution >= 4 is 23.0 Å². The Morgan fingerprint density at radius 3 is 2.57 bits per heavy atom. The summed E-state index contributed by atoms with van der Waals surface area (Å²) >= 11 is 0. The Hall–Kier alpha value is -4.32. The fourth-order valence-electron chi connectivity index (χ4n) is 3.59. The number of nitrogens with zero attached hydrogens (tertiary/aromatic N) is 7. The van der Waals surface area contributed by atoms with E-state index in [0.717, 1.165) is 10.4 Å². The predicted octanol–water partition coefficient (Wildman–Crippen LogP) is 3.00. The fraction of sp³-hybridized carbons (Fsp3) is 0.217. The van der Waals surface area contributed by atoms with Crippen molar-refractivity contribution in [2.75, 3.05) is 26.3 Å². The molecule has 1 aliphatic heterocycles. The number of aromatic nitrogens is 4. The number of amidine groups is 1. The van der Waals surface area contributed by atoms with Gasteiger partial charge in [-0.25, -0.2) is 23.4 Å². The monoisotopic (exact) mass is 480 g/mol. The van der Waals surface area contributed by atoms with E-state index in [-0.39, 0.29) is 12.0 Å². The largest absolute Gasteiger partial charge is 0.423 e. The average Bonchev–Trinajstić information content (AvgIpc) is 3.54. The molecule has 12 heteroatoms. The highest BCUT2D eigenvalue weighted by molar-refractivity contribution is 5.92. The van der Waals surface area contributed by atoms with Gasteiger partial charge in [-0.1, -0.05) is 12.1 Å². The predicted molar refractivity (Wildman–Crippen MR) is 126 cm³/mol. The first kappa shape index (κ1) is 22.5. The minimum Gasteiger partial charge on any atom is -0.423 e. The number of rotatable bonds is 4. The third-order valence-corrected chi connectivity index (χ3v) is 5.34. The third kappa shape index (κ3) is 4.96. The molecule has 0 atom stereocenters. The second-order valence-electron chi connectivity index (χ2n) is 7.59. The van der Waals surface area contributed by atoms with Gasteiger partial charge in [0.2, 0.25) is 5.96 Å². The molecule has 0 saturated carbocycles. The van der Waals surface area contributed by atoms with Gasteiger partial charge >= 0.3 is 6.02 Å². The molecular weight excluding hydrogens is 458 g/mol. The zero-order chi connectivity index (χ0) is 24.2. The number of hydrogen-bond acceptors (Lipinski definition) is 5. The van der Waals surface area contributed by atoms with Crippen molar-refractivity contribution in [1.82, 2.24) is 24.1 Å². The number of aliphatic imine (C=N–C) groups is 1. The van der Waals surface area contributed by atoms with Crippen LogP contribution in [-0.4, -0.2) is 62.4 Å². The summed E-state index contributed by atoms with van der Waals surface area (Å²) in [6.07, 6.45) is 2.30. The molecule has 0 unspecified atom stereocenters. The summed E-state index contributed by atoms with van der Waals surface area (Å²) in [5.41, 5.74) is 7.84. The zero-order valence-corrected chi connectivity index (χ0v) is 18.5. The molecule has 1 fully saturated rings. The van der Waals surface area contributed by atoms with Gasteiger partial charge in [0.1, 0.15) is 5.75 Å². The van der Waals surface area contributed by atoms with Crippen LogP contribution in [0, 0.1) is 0 Å². The van der Waals surface area contributed by atoms with Crippen LogP contribution >= 0.6 is 0 Å². The van der Waals surface area contributed by atoms with E-state index in [2.05, 4.69) is 20.1 Å². The van der Waals surface area contributed by atoms with Crippen LogP contribution in [0.4, 0.5) is 8.78 Å². The van der Waals surface area contributed by atoms with Crippen LogP contribution in [0.15, 0.2) is 77.3 Å². The van der Waals surface area contributed by atoms with Gasteiger partial charge in [-0.15, -0.1) is 5.10 Å². The van der Waals surface area contributed by atoms with Crippen molar-refractivity contribution < 1.29 is 18.3 Å². The van der Waals surface area contributed by atoms with Crippen LogP contribution < -0.4 is 10.5 Å². The van der Waals surface area contributed by atoms with Crippen molar-refractivity contribution in [3.8, 4) is 11.4 Å². The van der Waals surface area contributed by atoms with Gasteiger partial charge in [0.15, 0.2) is 5.82 Å². The van der Waals surface area contributed by atoms with Crippen LogP contribution in [0.1, 0.15) is 12.2 Å². The van der Waals surface area contributed by atoms with E-state index in [1.54, 1.807) is 48.9 Å². The number of morpholine rings is 1. The van der Waals surface area contributed by atoms with Gasteiger partial charge < -0.3 is 24.7 Å². The molecule has 1 aliphatic rings.